The van der Waals surface area contributed by atoms with Gasteiger partial charge in [0.2, 0.25) is 5.91 Å². The molecule has 1 saturated heterocycles. The number of benzene rings is 1. The Morgan fingerprint density at radius 3 is 2.82 bits per heavy atom. The second kappa shape index (κ2) is 7.17. The molecule has 1 N–H and O–H groups in total. The van der Waals surface area contributed by atoms with Crippen molar-refractivity contribution in [3.05, 3.63) is 29.8 Å². The van der Waals surface area contributed by atoms with Gasteiger partial charge in [-0.05, 0) is 41.9 Å². The lowest BCUT2D eigenvalue weighted by Crippen LogP contribution is -2.49. The van der Waals surface area contributed by atoms with Crippen molar-refractivity contribution in [1.82, 2.24) is 4.90 Å². The van der Waals surface area contributed by atoms with Crippen LogP contribution in [0.4, 0.5) is 0 Å². The number of likely N-dealkylation sites (tertiary alicyclic amines) is 1. The monoisotopic (exact) mass is 303 g/mol. The number of carbonyl (C=O) groups excluding carboxylic acids is 1. The Kier molecular flexibility index (Phi) is 5.49. The predicted molar refractivity (Wildman–Crippen MR) is 90.0 cm³/mol. The Labute approximate surface area is 134 Å². The minimum Gasteiger partial charge on any atom is -0.508 e. The molecule has 0 spiro atoms. The van der Waals surface area contributed by atoms with Crippen LogP contribution in [-0.4, -0.2) is 29.0 Å². The number of carbonyl (C=O) groups is 1. The summed E-state index contributed by atoms with van der Waals surface area (Å²) in [6.07, 6.45) is 4.93. The molecule has 2 rings (SSSR count). The molecule has 1 fully saturated rings. The van der Waals surface area contributed by atoms with Crippen LogP contribution in [-0.2, 0) is 10.2 Å². The van der Waals surface area contributed by atoms with Crippen molar-refractivity contribution in [2.24, 2.45) is 5.92 Å². The van der Waals surface area contributed by atoms with E-state index in [2.05, 4.69) is 26.8 Å². The van der Waals surface area contributed by atoms with Gasteiger partial charge in [0.1, 0.15) is 5.75 Å². The van der Waals surface area contributed by atoms with E-state index in [1.807, 2.05) is 17.0 Å². The third-order valence-electron chi connectivity index (χ3n) is 5.34. The van der Waals surface area contributed by atoms with Gasteiger partial charge in [-0.3, -0.25) is 4.79 Å². The summed E-state index contributed by atoms with van der Waals surface area (Å²) in [4.78, 5) is 14.3. The summed E-state index contributed by atoms with van der Waals surface area (Å²) in [5.74, 6) is 1.01. The number of hydrogen-bond acceptors (Lipinski definition) is 2. The van der Waals surface area contributed by atoms with Gasteiger partial charge in [-0.2, -0.15) is 0 Å². The van der Waals surface area contributed by atoms with Crippen LogP contribution in [0.3, 0.4) is 0 Å². The fourth-order valence-electron chi connectivity index (χ4n) is 3.44. The van der Waals surface area contributed by atoms with Gasteiger partial charge in [0.15, 0.2) is 0 Å². The number of phenolic OH excluding ortho intramolecular Hbond substituents is 1. The Morgan fingerprint density at radius 1 is 1.41 bits per heavy atom. The number of hydrogen-bond donors (Lipinski definition) is 1. The smallest absolute Gasteiger partial charge is 0.222 e. The maximum Gasteiger partial charge on any atom is 0.222 e. The topological polar surface area (TPSA) is 40.5 Å². The summed E-state index contributed by atoms with van der Waals surface area (Å²) in [6.45, 7) is 8.27. The molecule has 1 amide bonds. The highest BCUT2D eigenvalue weighted by molar-refractivity contribution is 5.76. The lowest BCUT2D eigenvalue weighted by molar-refractivity contribution is -0.134. The molecule has 3 heteroatoms. The molecule has 3 nitrogen and oxygen atoms in total. The number of piperidine rings is 1. The zero-order chi connectivity index (χ0) is 16.2. The average molecular weight is 303 g/mol. The number of aromatic hydroxyl groups is 1. The highest BCUT2D eigenvalue weighted by Crippen LogP contribution is 2.40. The van der Waals surface area contributed by atoms with E-state index in [1.54, 1.807) is 6.07 Å². The maximum atomic E-state index is 12.3. The van der Waals surface area contributed by atoms with E-state index in [0.29, 0.717) is 24.0 Å². The SMILES string of the molecule is CCCCCC(=O)N1CC[C@](C)(c2cccc(O)c2)[C@H](C)C1. The molecule has 122 valence electrons. The molecule has 0 aliphatic carbocycles. The van der Waals surface area contributed by atoms with Crippen LogP contribution in [0, 0.1) is 5.92 Å². The van der Waals surface area contributed by atoms with E-state index in [1.165, 1.54) is 5.56 Å². The number of rotatable bonds is 5. The van der Waals surface area contributed by atoms with Crippen molar-refractivity contribution in [3.63, 3.8) is 0 Å². The highest BCUT2D eigenvalue weighted by atomic mass is 16.3. The van der Waals surface area contributed by atoms with Gasteiger partial charge < -0.3 is 10.0 Å². The Bertz CT molecular complexity index is 514. The van der Waals surface area contributed by atoms with Crippen molar-refractivity contribution in [1.29, 1.82) is 0 Å². The molecule has 1 aromatic rings. The zero-order valence-electron chi connectivity index (χ0n) is 14.1. The Morgan fingerprint density at radius 2 is 2.18 bits per heavy atom. The molecular formula is C19H29NO2. The molecule has 22 heavy (non-hydrogen) atoms. The first kappa shape index (κ1) is 16.9. The van der Waals surface area contributed by atoms with Crippen LogP contribution < -0.4 is 0 Å². The molecule has 1 aliphatic heterocycles. The summed E-state index contributed by atoms with van der Waals surface area (Å²) in [7, 11) is 0. The lowest BCUT2D eigenvalue weighted by atomic mass is 9.68. The molecule has 0 unspecified atom stereocenters. The first-order chi connectivity index (χ1) is 10.5. The molecule has 0 bridgehead atoms. The molecule has 0 saturated carbocycles. The van der Waals surface area contributed by atoms with Gasteiger partial charge in [-0.15, -0.1) is 0 Å². The van der Waals surface area contributed by atoms with Gasteiger partial charge in [0.05, 0.1) is 0 Å². The van der Waals surface area contributed by atoms with Crippen LogP contribution in [0.15, 0.2) is 24.3 Å². The second-order valence-corrected chi connectivity index (χ2v) is 6.92. The second-order valence-electron chi connectivity index (χ2n) is 6.92. The van der Waals surface area contributed by atoms with E-state index in [9.17, 15) is 9.90 Å². The normalized spacial score (nSPS) is 25.2. The van der Waals surface area contributed by atoms with Crippen molar-refractivity contribution in [2.75, 3.05) is 13.1 Å². The van der Waals surface area contributed by atoms with Gasteiger partial charge in [0, 0.05) is 19.5 Å². The van der Waals surface area contributed by atoms with Crippen molar-refractivity contribution >= 4 is 5.91 Å². The summed E-state index contributed by atoms with van der Waals surface area (Å²) < 4.78 is 0. The Hall–Kier alpha value is -1.51. The third-order valence-corrected chi connectivity index (χ3v) is 5.34. The van der Waals surface area contributed by atoms with E-state index in [-0.39, 0.29) is 5.41 Å². The molecular weight excluding hydrogens is 274 g/mol. The number of phenols is 1. The Balaban J connectivity index is 2.01. The fourth-order valence-corrected chi connectivity index (χ4v) is 3.44. The van der Waals surface area contributed by atoms with Gasteiger partial charge >= 0.3 is 0 Å². The van der Waals surface area contributed by atoms with Gasteiger partial charge in [0.25, 0.3) is 0 Å². The van der Waals surface area contributed by atoms with Crippen LogP contribution >= 0.6 is 0 Å². The first-order valence-electron chi connectivity index (χ1n) is 8.54. The summed E-state index contributed by atoms with van der Waals surface area (Å²) >= 11 is 0. The van der Waals surface area contributed by atoms with Gasteiger partial charge in [-0.1, -0.05) is 45.7 Å². The predicted octanol–water partition coefficient (Wildman–Crippen LogP) is 4.10. The van der Waals surface area contributed by atoms with Crippen molar-refractivity contribution < 1.29 is 9.90 Å². The average Bonchev–Trinajstić information content (AvgIpc) is 2.50. The molecule has 1 aliphatic rings. The standard InChI is InChI=1S/C19H29NO2/c1-4-5-6-10-18(22)20-12-11-19(3,15(2)14-20)16-8-7-9-17(21)13-16/h7-9,13,15,21H,4-6,10-12,14H2,1-3H3/t15-,19+/m1/s1. The van der Waals surface area contributed by atoms with E-state index < -0.39 is 0 Å². The number of unbranched alkanes of at least 4 members (excludes halogenated alkanes) is 2. The number of amides is 1. The molecule has 0 aromatic heterocycles. The first-order valence-corrected chi connectivity index (χ1v) is 8.54. The van der Waals surface area contributed by atoms with Crippen LogP contribution in [0.1, 0.15) is 58.4 Å². The van der Waals surface area contributed by atoms with Crippen LogP contribution in [0.5, 0.6) is 5.75 Å². The zero-order valence-corrected chi connectivity index (χ0v) is 14.1. The number of nitrogens with zero attached hydrogens (tertiary/aromatic N) is 1. The van der Waals surface area contributed by atoms with E-state index in [0.717, 1.165) is 38.8 Å². The lowest BCUT2D eigenvalue weighted by Gasteiger charge is -2.45. The minimum atomic E-state index is 0.0267. The largest absolute Gasteiger partial charge is 0.508 e. The van der Waals surface area contributed by atoms with E-state index in [4.69, 9.17) is 0 Å². The summed E-state index contributed by atoms with van der Waals surface area (Å²) in [5.41, 5.74) is 1.21. The van der Waals surface area contributed by atoms with Crippen LogP contribution in [0.25, 0.3) is 0 Å². The molecule has 1 heterocycles. The fraction of sp³-hybridized carbons (Fsp3) is 0.632. The highest BCUT2D eigenvalue weighted by Gasteiger charge is 2.39. The third kappa shape index (κ3) is 3.63. The molecule has 0 radical (unpaired) electrons. The summed E-state index contributed by atoms with van der Waals surface area (Å²) in [5, 5.41) is 9.74. The van der Waals surface area contributed by atoms with Gasteiger partial charge in [-0.25, -0.2) is 0 Å². The molecule has 2 atom stereocenters. The quantitative estimate of drug-likeness (QED) is 0.832. The maximum absolute atomic E-state index is 12.3. The van der Waals surface area contributed by atoms with Crippen molar-refractivity contribution in [3.8, 4) is 5.75 Å². The van der Waals surface area contributed by atoms with Crippen molar-refractivity contribution in [2.45, 2.75) is 58.3 Å². The van der Waals surface area contributed by atoms with Crippen LogP contribution in [0.2, 0.25) is 0 Å². The summed E-state index contributed by atoms with van der Waals surface area (Å²) in [6, 6.07) is 7.58. The minimum absolute atomic E-state index is 0.0267. The van der Waals surface area contributed by atoms with E-state index >= 15 is 0 Å². The molecule has 1 aromatic carbocycles.